The van der Waals surface area contributed by atoms with Gasteiger partial charge in [0, 0.05) is 10.5 Å². The van der Waals surface area contributed by atoms with Gasteiger partial charge >= 0.3 is 0 Å². The Morgan fingerprint density at radius 2 is 1.89 bits per heavy atom. The van der Waals surface area contributed by atoms with Crippen LogP contribution < -0.4 is 11.1 Å². The van der Waals surface area contributed by atoms with Crippen LogP contribution in [0, 0.1) is 5.41 Å². The molecule has 18 heavy (non-hydrogen) atoms. The summed E-state index contributed by atoms with van der Waals surface area (Å²) in [5.74, 6) is 0. The third-order valence-electron chi connectivity index (χ3n) is 4.24. The molecule has 1 aromatic rings. The Morgan fingerprint density at radius 3 is 2.56 bits per heavy atom. The minimum atomic E-state index is 0. The van der Waals surface area contributed by atoms with Gasteiger partial charge in [-0.15, -0.1) is 24.8 Å². The monoisotopic (exact) mass is 352 g/mol. The van der Waals surface area contributed by atoms with Crippen molar-refractivity contribution in [2.45, 2.75) is 25.3 Å². The molecular weight excluding hydrogens is 335 g/mol. The van der Waals surface area contributed by atoms with Crippen LogP contribution in [0.2, 0.25) is 0 Å². The molecule has 1 aliphatic heterocycles. The molecule has 0 saturated carbocycles. The van der Waals surface area contributed by atoms with E-state index in [9.17, 15) is 0 Å². The fourth-order valence-corrected chi connectivity index (χ4v) is 3.63. The third-order valence-corrected chi connectivity index (χ3v) is 4.74. The van der Waals surface area contributed by atoms with E-state index < -0.39 is 0 Å². The molecular formula is C13H19BrCl2N2. The summed E-state index contributed by atoms with van der Waals surface area (Å²) in [7, 11) is 0. The largest absolute Gasteiger partial charge is 0.323 e. The topological polar surface area (TPSA) is 38.0 Å². The van der Waals surface area contributed by atoms with Crippen molar-refractivity contribution >= 4 is 40.7 Å². The molecule has 0 unspecified atom stereocenters. The van der Waals surface area contributed by atoms with Gasteiger partial charge in [0.2, 0.25) is 0 Å². The SMILES string of the molecule is Cl.Cl.N[C@@H]1c2cc(Br)ccc2CC12CCNCC2. The molecule has 1 aliphatic carbocycles. The third kappa shape index (κ3) is 2.56. The number of nitrogens with one attached hydrogen (secondary N) is 1. The number of piperidine rings is 1. The van der Waals surface area contributed by atoms with Crippen molar-refractivity contribution in [2.75, 3.05) is 13.1 Å². The minimum absolute atomic E-state index is 0. The number of rotatable bonds is 0. The summed E-state index contributed by atoms with van der Waals surface area (Å²) >= 11 is 3.54. The van der Waals surface area contributed by atoms with Crippen molar-refractivity contribution in [3.05, 3.63) is 33.8 Å². The molecule has 1 saturated heterocycles. The average Bonchev–Trinajstić information content (AvgIpc) is 2.55. The highest BCUT2D eigenvalue weighted by molar-refractivity contribution is 9.10. The quantitative estimate of drug-likeness (QED) is 0.751. The maximum absolute atomic E-state index is 6.48. The second-order valence-electron chi connectivity index (χ2n) is 5.11. The second kappa shape index (κ2) is 6.10. The van der Waals surface area contributed by atoms with Crippen LogP contribution >= 0.6 is 40.7 Å². The molecule has 1 aromatic carbocycles. The Hall–Kier alpha value is 0.200. The van der Waals surface area contributed by atoms with Crippen LogP contribution in [0.1, 0.15) is 30.0 Å². The summed E-state index contributed by atoms with van der Waals surface area (Å²) in [4.78, 5) is 0. The van der Waals surface area contributed by atoms with E-state index in [1.165, 1.54) is 30.4 Å². The number of fused-ring (bicyclic) bond motifs is 1. The summed E-state index contributed by atoms with van der Waals surface area (Å²) in [6, 6.07) is 6.79. The van der Waals surface area contributed by atoms with E-state index in [2.05, 4.69) is 39.4 Å². The van der Waals surface area contributed by atoms with Gasteiger partial charge in [-0.25, -0.2) is 0 Å². The van der Waals surface area contributed by atoms with Gasteiger partial charge in [0.05, 0.1) is 0 Å². The van der Waals surface area contributed by atoms with Crippen LogP contribution in [0.4, 0.5) is 0 Å². The van der Waals surface area contributed by atoms with Gasteiger partial charge in [-0.1, -0.05) is 22.0 Å². The van der Waals surface area contributed by atoms with Crippen LogP contribution in [0.25, 0.3) is 0 Å². The zero-order chi connectivity index (χ0) is 11.2. The summed E-state index contributed by atoms with van der Waals surface area (Å²) in [6.45, 7) is 2.23. The first-order chi connectivity index (χ1) is 7.71. The van der Waals surface area contributed by atoms with E-state index >= 15 is 0 Å². The summed E-state index contributed by atoms with van der Waals surface area (Å²) in [5, 5.41) is 3.43. The van der Waals surface area contributed by atoms with Gasteiger partial charge in [0.25, 0.3) is 0 Å². The molecule has 2 aliphatic rings. The molecule has 1 spiro atoms. The molecule has 3 rings (SSSR count). The average molecular weight is 354 g/mol. The lowest BCUT2D eigenvalue weighted by Gasteiger charge is -2.37. The standard InChI is InChI=1S/C13H17BrN2.2ClH/c14-10-2-1-9-8-13(3-5-16-6-4-13)12(15)11(9)7-10;;/h1-2,7,12,16H,3-6,8,15H2;2*1H/t12-;;/m1../s1. The molecule has 3 N–H and O–H groups in total. The van der Waals surface area contributed by atoms with E-state index in [4.69, 9.17) is 5.73 Å². The maximum atomic E-state index is 6.48. The van der Waals surface area contributed by atoms with Gasteiger partial charge in [-0.05, 0) is 61.0 Å². The van der Waals surface area contributed by atoms with Crippen LogP contribution in [0.3, 0.4) is 0 Å². The van der Waals surface area contributed by atoms with Crippen LogP contribution in [0.15, 0.2) is 22.7 Å². The molecule has 5 heteroatoms. The predicted octanol–water partition coefficient (Wildman–Crippen LogP) is 3.22. The van der Waals surface area contributed by atoms with Gasteiger partial charge in [-0.2, -0.15) is 0 Å². The number of nitrogens with two attached hydrogens (primary N) is 1. The fraction of sp³-hybridized carbons (Fsp3) is 0.538. The molecule has 0 aromatic heterocycles. The van der Waals surface area contributed by atoms with Gasteiger partial charge in [0.1, 0.15) is 0 Å². The normalized spacial score (nSPS) is 24.0. The van der Waals surface area contributed by atoms with Crippen molar-refractivity contribution in [3.8, 4) is 0 Å². The lowest BCUT2D eigenvalue weighted by Crippen LogP contribution is -2.42. The molecule has 0 radical (unpaired) electrons. The number of benzene rings is 1. The van der Waals surface area contributed by atoms with Crippen LogP contribution in [-0.2, 0) is 6.42 Å². The van der Waals surface area contributed by atoms with Gasteiger partial charge in [-0.3, -0.25) is 0 Å². The molecule has 102 valence electrons. The second-order valence-corrected chi connectivity index (χ2v) is 6.03. The van der Waals surface area contributed by atoms with E-state index in [-0.39, 0.29) is 30.9 Å². The van der Waals surface area contributed by atoms with Gasteiger partial charge < -0.3 is 11.1 Å². The van der Waals surface area contributed by atoms with Crippen LogP contribution in [-0.4, -0.2) is 13.1 Å². The minimum Gasteiger partial charge on any atom is -0.323 e. The number of hydrogen-bond donors (Lipinski definition) is 2. The number of hydrogen-bond acceptors (Lipinski definition) is 2. The summed E-state index contributed by atoms with van der Waals surface area (Å²) < 4.78 is 1.15. The molecule has 1 atom stereocenters. The van der Waals surface area contributed by atoms with Crippen molar-refractivity contribution in [1.29, 1.82) is 0 Å². The number of halogens is 3. The Bertz CT molecular complexity index is 419. The van der Waals surface area contributed by atoms with Crippen molar-refractivity contribution in [3.63, 3.8) is 0 Å². The molecule has 0 amide bonds. The van der Waals surface area contributed by atoms with E-state index in [0.717, 1.165) is 17.6 Å². The Balaban J connectivity index is 0.000000810. The van der Waals surface area contributed by atoms with Crippen LogP contribution in [0.5, 0.6) is 0 Å². The first-order valence-electron chi connectivity index (χ1n) is 5.96. The molecule has 1 heterocycles. The molecule has 1 fully saturated rings. The summed E-state index contributed by atoms with van der Waals surface area (Å²) in [6.07, 6.45) is 3.58. The zero-order valence-electron chi connectivity index (χ0n) is 10.1. The first-order valence-corrected chi connectivity index (χ1v) is 6.75. The highest BCUT2D eigenvalue weighted by Crippen LogP contribution is 2.50. The highest BCUT2D eigenvalue weighted by Gasteiger charge is 2.44. The van der Waals surface area contributed by atoms with Crippen molar-refractivity contribution in [2.24, 2.45) is 11.1 Å². The first kappa shape index (κ1) is 16.3. The Kier molecular flexibility index (Phi) is 5.51. The summed E-state index contributed by atoms with van der Waals surface area (Å²) in [5.41, 5.74) is 9.62. The lowest BCUT2D eigenvalue weighted by molar-refractivity contribution is 0.174. The Morgan fingerprint density at radius 1 is 1.22 bits per heavy atom. The highest BCUT2D eigenvalue weighted by atomic mass is 79.9. The van der Waals surface area contributed by atoms with Crippen molar-refractivity contribution < 1.29 is 0 Å². The predicted molar refractivity (Wildman–Crippen MR) is 83.8 cm³/mol. The smallest absolute Gasteiger partial charge is 0.0359 e. The lowest BCUT2D eigenvalue weighted by atomic mass is 9.73. The maximum Gasteiger partial charge on any atom is 0.0359 e. The van der Waals surface area contributed by atoms with Gasteiger partial charge in [0.15, 0.2) is 0 Å². The fourth-order valence-electron chi connectivity index (χ4n) is 3.25. The van der Waals surface area contributed by atoms with E-state index in [0.29, 0.717) is 5.41 Å². The zero-order valence-corrected chi connectivity index (χ0v) is 13.3. The van der Waals surface area contributed by atoms with E-state index in [1.807, 2.05) is 0 Å². The van der Waals surface area contributed by atoms with E-state index in [1.54, 1.807) is 0 Å². The molecule has 2 nitrogen and oxygen atoms in total. The Labute approximate surface area is 129 Å². The molecule has 0 bridgehead atoms. The van der Waals surface area contributed by atoms with Crippen molar-refractivity contribution in [1.82, 2.24) is 5.32 Å².